The van der Waals surface area contributed by atoms with Crippen LogP contribution in [0.5, 0.6) is 0 Å². The van der Waals surface area contributed by atoms with Gasteiger partial charge in [-0.05, 0) is 64.2 Å². The van der Waals surface area contributed by atoms with Crippen molar-refractivity contribution in [2.24, 2.45) is 0 Å². The number of carbonyl (C=O) groups excluding carboxylic acids is 1. The molecule has 3 aromatic heterocycles. The topological polar surface area (TPSA) is 77.6 Å². The molecular formula is C25H28N6O. The summed E-state index contributed by atoms with van der Waals surface area (Å²) in [4.78, 5) is 18.0. The number of aromatic nitrogens is 5. The smallest absolute Gasteiger partial charge is 0.258 e. The molecule has 32 heavy (non-hydrogen) atoms. The molecule has 7 heteroatoms. The largest absolute Gasteiger partial charge is 0.306 e. The fourth-order valence-electron chi connectivity index (χ4n) is 4.67. The Labute approximate surface area is 187 Å². The van der Waals surface area contributed by atoms with Gasteiger partial charge in [-0.25, -0.2) is 14.3 Å². The molecule has 5 rings (SSSR count). The molecule has 0 spiro atoms. The quantitative estimate of drug-likeness (QED) is 0.496. The van der Waals surface area contributed by atoms with Crippen LogP contribution >= 0.6 is 0 Å². The molecular weight excluding hydrogens is 400 g/mol. The van der Waals surface area contributed by atoms with Gasteiger partial charge in [-0.2, -0.15) is 10.2 Å². The lowest BCUT2D eigenvalue weighted by Crippen LogP contribution is -2.23. The lowest BCUT2D eigenvalue weighted by Gasteiger charge is -2.27. The van der Waals surface area contributed by atoms with E-state index in [1.54, 1.807) is 6.20 Å². The molecule has 4 aromatic rings. The lowest BCUT2D eigenvalue weighted by molar-refractivity contribution is 0.102. The third-order valence-electron chi connectivity index (χ3n) is 6.34. The maximum absolute atomic E-state index is 13.3. The molecule has 7 nitrogen and oxygen atoms in total. The number of nitrogens with zero attached hydrogens (tertiary/aromatic N) is 5. The first-order chi connectivity index (χ1) is 15.4. The van der Waals surface area contributed by atoms with Gasteiger partial charge in [-0.1, -0.05) is 24.3 Å². The highest BCUT2D eigenvalue weighted by Crippen LogP contribution is 2.35. The number of amides is 1. The summed E-state index contributed by atoms with van der Waals surface area (Å²) in [5, 5.41) is 13.1. The third-order valence-corrected chi connectivity index (χ3v) is 6.34. The Morgan fingerprint density at radius 1 is 1.16 bits per heavy atom. The average Bonchev–Trinajstić information content (AvgIpc) is 3.36. The standard InChI is InChI=1S/C25H28N6O/c1-15(2)30-24-19(14-27-30)12-21(17(4)28-24)25(32)29-23-16(3)13-26-31(23)22-11-7-9-18-8-5-6-10-20(18)22/h5-6,8,10,12-15,22H,7,9,11H2,1-4H3,(H,29,32). The molecule has 1 unspecified atom stereocenters. The molecule has 0 radical (unpaired) electrons. The van der Waals surface area contributed by atoms with Crippen LogP contribution in [0.15, 0.2) is 42.7 Å². The Morgan fingerprint density at radius 2 is 1.97 bits per heavy atom. The highest BCUT2D eigenvalue weighted by Gasteiger charge is 2.26. The van der Waals surface area contributed by atoms with E-state index in [2.05, 4.69) is 58.6 Å². The molecule has 1 aromatic carbocycles. The number of fused-ring (bicyclic) bond motifs is 2. The van der Waals surface area contributed by atoms with Gasteiger partial charge in [0.2, 0.25) is 0 Å². The average molecular weight is 429 g/mol. The number of benzene rings is 1. The van der Waals surface area contributed by atoms with Crippen LogP contribution in [-0.4, -0.2) is 30.5 Å². The van der Waals surface area contributed by atoms with Gasteiger partial charge in [0.15, 0.2) is 5.65 Å². The van der Waals surface area contributed by atoms with Gasteiger partial charge in [0.25, 0.3) is 5.91 Å². The second-order valence-corrected chi connectivity index (χ2v) is 8.90. The molecule has 0 fully saturated rings. The van der Waals surface area contributed by atoms with Gasteiger partial charge in [0.05, 0.1) is 29.7 Å². The van der Waals surface area contributed by atoms with Crippen molar-refractivity contribution in [2.45, 2.75) is 59.0 Å². The van der Waals surface area contributed by atoms with Gasteiger partial charge in [0.1, 0.15) is 5.82 Å². The van der Waals surface area contributed by atoms with E-state index >= 15 is 0 Å². The van der Waals surface area contributed by atoms with E-state index < -0.39 is 0 Å². The van der Waals surface area contributed by atoms with E-state index in [0.717, 1.165) is 41.7 Å². The monoisotopic (exact) mass is 428 g/mol. The van der Waals surface area contributed by atoms with Crippen LogP contribution in [0, 0.1) is 13.8 Å². The molecule has 0 saturated carbocycles. The predicted molar refractivity (Wildman–Crippen MR) is 125 cm³/mol. The summed E-state index contributed by atoms with van der Waals surface area (Å²) >= 11 is 0. The number of rotatable bonds is 4. The van der Waals surface area contributed by atoms with Crippen molar-refractivity contribution in [3.05, 3.63) is 70.7 Å². The zero-order valence-corrected chi connectivity index (χ0v) is 19.0. The van der Waals surface area contributed by atoms with E-state index in [1.165, 1.54) is 11.1 Å². The minimum Gasteiger partial charge on any atom is -0.306 e. The second-order valence-electron chi connectivity index (χ2n) is 8.90. The first kappa shape index (κ1) is 20.4. The van der Waals surface area contributed by atoms with Crippen molar-refractivity contribution in [1.29, 1.82) is 0 Å². The van der Waals surface area contributed by atoms with Gasteiger partial charge in [0, 0.05) is 17.0 Å². The summed E-state index contributed by atoms with van der Waals surface area (Å²) in [5.74, 6) is 0.567. The molecule has 3 heterocycles. The summed E-state index contributed by atoms with van der Waals surface area (Å²) in [7, 11) is 0. The molecule has 1 N–H and O–H groups in total. The number of anilines is 1. The molecule has 0 bridgehead atoms. The zero-order chi connectivity index (χ0) is 22.4. The summed E-state index contributed by atoms with van der Waals surface area (Å²) in [5.41, 5.74) is 5.63. The molecule has 0 saturated heterocycles. The van der Waals surface area contributed by atoms with E-state index in [0.29, 0.717) is 11.3 Å². The van der Waals surface area contributed by atoms with Crippen molar-refractivity contribution >= 4 is 22.8 Å². The summed E-state index contributed by atoms with van der Waals surface area (Å²) in [6, 6.07) is 10.7. The van der Waals surface area contributed by atoms with Crippen LogP contribution in [0.4, 0.5) is 5.82 Å². The number of carbonyl (C=O) groups is 1. The van der Waals surface area contributed by atoms with E-state index in [4.69, 9.17) is 0 Å². The Morgan fingerprint density at radius 3 is 2.78 bits per heavy atom. The van der Waals surface area contributed by atoms with Crippen LogP contribution in [-0.2, 0) is 6.42 Å². The third kappa shape index (κ3) is 3.38. The Balaban J connectivity index is 1.49. The zero-order valence-electron chi connectivity index (χ0n) is 19.0. The van der Waals surface area contributed by atoms with Crippen LogP contribution in [0.1, 0.15) is 71.5 Å². The van der Waals surface area contributed by atoms with Crippen molar-refractivity contribution in [3.8, 4) is 0 Å². The van der Waals surface area contributed by atoms with Crippen molar-refractivity contribution in [3.63, 3.8) is 0 Å². The minimum atomic E-state index is -0.178. The maximum atomic E-state index is 13.3. The van der Waals surface area contributed by atoms with Gasteiger partial charge in [-0.3, -0.25) is 4.79 Å². The summed E-state index contributed by atoms with van der Waals surface area (Å²) < 4.78 is 3.85. The Hall–Kier alpha value is -3.48. The summed E-state index contributed by atoms with van der Waals surface area (Å²) in [6.45, 7) is 7.98. The minimum absolute atomic E-state index is 0.120. The number of pyridine rings is 1. The second kappa shape index (κ2) is 7.89. The molecule has 1 amide bonds. The van der Waals surface area contributed by atoms with Gasteiger partial charge >= 0.3 is 0 Å². The normalized spacial score (nSPS) is 15.8. The van der Waals surface area contributed by atoms with Crippen molar-refractivity contribution < 1.29 is 4.79 Å². The number of aryl methyl sites for hydroxylation is 3. The first-order valence-electron chi connectivity index (χ1n) is 11.2. The van der Waals surface area contributed by atoms with Crippen LogP contribution < -0.4 is 5.32 Å². The number of hydrogen-bond donors (Lipinski definition) is 1. The van der Waals surface area contributed by atoms with Gasteiger partial charge in [-0.15, -0.1) is 0 Å². The van der Waals surface area contributed by atoms with E-state index in [-0.39, 0.29) is 18.0 Å². The molecule has 1 aliphatic carbocycles. The lowest BCUT2D eigenvalue weighted by atomic mass is 9.88. The number of hydrogen-bond acceptors (Lipinski definition) is 4. The Bertz CT molecular complexity index is 1320. The highest BCUT2D eigenvalue weighted by molar-refractivity contribution is 6.06. The predicted octanol–water partition coefficient (Wildman–Crippen LogP) is 5.00. The van der Waals surface area contributed by atoms with E-state index in [9.17, 15) is 4.79 Å². The molecule has 164 valence electrons. The van der Waals surface area contributed by atoms with E-state index in [1.807, 2.05) is 35.5 Å². The fourth-order valence-corrected chi connectivity index (χ4v) is 4.67. The van der Waals surface area contributed by atoms with Crippen molar-refractivity contribution in [1.82, 2.24) is 24.5 Å². The Kier molecular flexibility index (Phi) is 5.04. The molecule has 1 aliphatic rings. The fraction of sp³-hybridized carbons (Fsp3) is 0.360. The van der Waals surface area contributed by atoms with Crippen LogP contribution in [0.2, 0.25) is 0 Å². The molecule has 0 aliphatic heterocycles. The highest BCUT2D eigenvalue weighted by atomic mass is 16.1. The molecule has 1 atom stereocenters. The summed E-state index contributed by atoms with van der Waals surface area (Å²) in [6.07, 6.45) is 6.79. The number of nitrogens with one attached hydrogen (secondary N) is 1. The first-order valence-corrected chi connectivity index (χ1v) is 11.2. The maximum Gasteiger partial charge on any atom is 0.258 e. The van der Waals surface area contributed by atoms with Gasteiger partial charge < -0.3 is 5.32 Å². The van der Waals surface area contributed by atoms with Crippen molar-refractivity contribution in [2.75, 3.05) is 5.32 Å². The van der Waals surface area contributed by atoms with Crippen LogP contribution in [0.3, 0.4) is 0 Å². The SMILES string of the molecule is Cc1cnn(C2CCCc3ccccc32)c1NC(=O)c1cc2cnn(C(C)C)c2nc1C. The van der Waals surface area contributed by atoms with Crippen LogP contribution in [0.25, 0.3) is 11.0 Å².